The maximum absolute atomic E-state index is 10.9. The lowest BCUT2D eigenvalue weighted by Gasteiger charge is -1.93. The summed E-state index contributed by atoms with van der Waals surface area (Å²) in [5.41, 5.74) is 1.48. The normalized spacial score (nSPS) is 10.0. The summed E-state index contributed by atoms with van der Waals surface area (Å²) in [4.78, 5) is 10.9. The van der Waals surface area contributed by atoms with Gasteiger partial charge in [-0.25, -0.2) is 0 Å². The van der Waals surface area contributed by atoms with Crippen molar-refractivity contribution in [1.82, 2.24) is 0 Å². The van der Waals surface area contributed by atoms with E-state index in [9.17, 15) is 4.79 Å². The van der Waals surface area contributed by atoms with Gasteiger partial charge in [-0.1, -0.05) is 37.8 Å². The highest BCUT2D eigenvalue weighted by Gasteiger charge is 1.98. The average molecular weight is 150 g/mol. The molecule has 0 N–H and O–H groups in total. The standard InChI is InChI=1S/C10H14O/c1-5-10(11)9(4)7-6-8(2)3/h6-7H,2,4-5H2,1,3H3/b7-6-. The van der Waals surface area contributed by atoms with Crippen LogP contribution < -0.4 is 0 Å². The van der Waals surface area contributed by atoms with Crippen molar-refractivity contribution in [1.29, 1.82) is 0 Å². The molecular formula is C10H14O. The Labute approximate surface area is 68.1 Å². The Hall–Kier alpha value is -1.11. The van der Waals surface area contributed by atoms with Gasteiger partial charge in [0.15, 0.2) is 5.78 Å². The minimum absolute atomic E-state index is 0.0856. The van der Waals surface area contributed by atoms with Crippen LogP contribution in [0.25, 0.3) is 0 Å². The summed E-state index contributed by atoms with van der Waals surface area (Å²) >= 11 is 0. The maximum atomic E-state index is 10.9. The van der Waals surface area contributed by atoms with Gasteiger partial charge in [0.1, 0.15) is 0 Å². The molecule has 0 saturated heterocycles. The first-order valence-electron chi connectivity index (χ1n) is 3.63. The van der Waals surface area contributed by atoms with E-state index in [0.717, 1.165) is 5.57 Å². The van der Waals surface area contributed by atoms with E-state index in [4.69, 9.17) is 0 Å². The third-order valence-electron chi connectivity index (χ3n) is 1.25. The summed E-state index contributed by atoms with van der Waals surface area (Å²) in [5, 5.41) is 0. The van der Waals surface area contributed by atoms with E-state index in [-0.39, 0.29) is 5.78 Å². The highest BCUT2D eigenvalue weighted by atomic mass is 16.1. The van der Waals surface area contributed by atoms with Crippen molar-refractivity contribution in [2.45, 2.75) is 20.3 Å². The Kier molecular flexibility index (Phi) is 4.20. The fraction of sp³-hybridized carbons (Fsp3) is 0.300. The van der Waals surface area contributed by atoms with Gasteiger partial charge >= 0.3 is 0 Å². The van der Waals surface area contributed by atoms with E-state index in [1.165, 1.54) is 0 Å². The molecule has 0 fully saturated rings. The quantitative estimate of drug-likeness (QED) is 0.445. The van der Waals surface area contributed by atoms with Crippen LogP contribution in [-0.4, -0.2) is 5.78 Å². The van der Waals surface area contributed by atoms with Crippen molar-refractivity contribution in [2.75, 3.05) is 0 Å². The molecule has 0 aromatic carbocycles. The molecule has 0 aromatic rings. The Balaban J connectivity index is 4.08. The van der Waals surface area contributed by atoms with Crippen molar-refractivity contribution >= 4 is 5.78 Å². The van der Waals surface area contributed by atoms with Crippen LogP contribution in [0.2, 0.25) is 0 Å². The van der Waals surface area contributed by atoms with Gasteiger partial charge in [-0.3, -0.25) is 4.79 Å². The van der Waals surface area contributed by atoms with Gasteiger partial charge in [0, 0.05) is 12.0 Å². The highest BCUT2D eigenvalue weighted by molar-refractivity contribution is 5.97. The summed E-state index contributed by atoms with van der Waals surface area (Å²) < 4.78 is 0. The number of rotatable bonds is 4. The van der Waals surface area contributed by atoms with E-state index in [2.05, 4.69) is 13.2 Å². The Bertz CT molecular complexity index is 209. The van der Waals surface area contributed by atoms with E-state index in [1.54, 1.807) is 12.2 Å². The predicted octanol–water partition coefficient (Wildman–Crippen LogP) is 2.65. The molecule has 0 saturated carbocycles. The van der Waals surface area contributed by atoms with Gasteiger partial charge < -0.3 is 0 Å². The molecule has 1 heteroatoms. The number of hydrogen-bond acceptors (Lipinski definition) is 1. The van der Waals surface area contributed by atoms with Crippen LogP contribution in [0.1, 0.15) is 20.3 Å². The molecule has 0 aliphatic rings. The zero-order chi connectivity index (χ0) is 8.85. The van der Waals surface area contributed by atoms with Gasteiger partial charge in [0.05, 0.1) is 0 Å². The van der Waals surface area contributed by atoms with E-state index < -0.39 is 0 Å². The highest BCUT2D eigenvalue weighted by Crippen LogP contribution is 2.00. The maximum Gasteiger partial charge on any atom is 0.162 e. The van der Waals surface area contributed by atoms with Crippen LogP contribution in [0.15, 0.2) is 36.5 Å². The number of hydrogen-bond donors (Lipinski definition) is 0. The molecule has 0 unspecified atom stereocenters. The number of Topliss-reactive ketones (excluding diaryl/α,β-unsaturated/α-hetero) is 1. The summed E-state index contributed by atoms with van der Waals surface area (Å²) in [7, 11) is 0. The first kappa shape index (κ1) is 9.89. The van der Waals surface area contributed by atoms with Crippen molar-refractivity contribution in [3.8, 4) is 0 Å². The van der Waals surface area contributed by atoms with E-state index in [1.807, 2.05) is 13.8 Å². The Morgan fingerprint density at radius 3 is 2.27 bits per heavy atom. The van der Waals surface area contributed by atoms with Gasteiger partial charge in [-0.2, -0.15) is 0 Å². The molecule has 0 atom stereocenters. The lowest BCUT2D eigenvalue weighted by Crippen LogP contribution is -1.95. The van der Waals surface area contributed by atoms with Crippen LogP contribution in [0.4, 0.5) is 0 Å². The second-order valence-corrected chi connectivity index (χ2v) is 2.48. The SMILES string of the molecule is C=C(C)/C=C\C(=C)C(=O)CC. The summed E-state index contributed by atoms with van der Waals surface area (Å²) in [6.07, 6.45) is 4.00. The first-order chi connectivity index (χ1) is 5.07. The number of allylic oxidation sites excluding steroid dienone is 4. The molecule has 0 aromatic heterocycles. The molecule has 0 heterocycles. The Morgan fingerprint density at radius 1 is 1.36 bits per heavy atom. The fourth-order valence-corrected chi connectivity index (χ4v) is 0.563. The molecule has 0 radical (unpaired) electrons. The third kappa shape index (κ3) is 4.31. The van der Waals surface area contributed by atoms with Crippen molar-refractivity contribution < 1.29 is 4.79 Å². The van der Waals surface area contributed by atoms with Crippen molar-refractivity contribution in [2.24, 2.45) is 0 Å². The van der Waals surface area contributed by atoms with Crippen LogP contribution in [0.5, 0.6) is 0 Å². The number of ketones is 1. The monoisotopic (exact) mass is 150 g/mol. The number of carbonyl (C=O) groups excluding carboxylic acids is 1. The zero-order valence-corrected chi connectivity index (χ0v) is 7.18. The third-order valence-corrected chi connectivity index (χ3v) is 1.25. The zero-order valence-electron chi connectivity index (χ0n) is 7.18. The second-order valence-electron chi connectivity index (χ2n) is 2.48. The van der Waals surface area contributed by atoms with Gasteiger partial charge in [0.25, 0.3) is 0 Å². The lowest BCUT2D eigenvalue weighted by molar-refractivity contribution is -0.114. The van der Waals surface area contributed by atoms with Crippen LogP contribution in [0, 0.1) is 0 Å². The van der Waals surface area contributed by atoms with Crippen molar-refractivity contribution in [3.63, 3.8) is 0 Å². The molecule has 0 bridgehead atoms. The molecule has 0 spiro atoms. The minimum atomic E-state index is 0.0856. The first-order valence-corrected chi connectivity index (χ1v) is 3.63. The molecule has 1 nitrogen and oxygen atoms in total. The molecule has 0 amide bonds. The Morgan fingerprint density at radius 2 is 1.91 bits per heavy atom. The van der Waals surface area contributed by atoms with Crippen LogP contribution in [-0.2, 0) is 4.79 Å². The predicted molar refractivity (Wildman–Crippen MR) is 48.4 cm³/mol. The van der Waals surface area contributed by atoms with Gasteiger partial charge in [0.2, 0.25) is 0 Å². The van der Waals surface area contributed by atoms with E-state index >= 15 is 0 Å². The molecule has 0 rings (SSSR count). The largest absolute Gasteiger partial charge is 0.294 e. The van der Waals surface area contributed by atoms with Gasteiger partial charge in [-0.05, 0) is 6.92 Å². The topological polar surface area (TPSA) is 17.1 Å². The molecule has 0 aliphatic carbocycles. The minimum Gasteiger partial charge on any atom is -0.294 e. The van der Waals surface area contributed by atoms with Crippen LogP contribution in [0.3, 0.4) is 0 Å². The lowest BCUT2D eigenvalue weighted by atomic mass is 10.1. The van der Waals surface area contributed by atoms with Crippen molar-refractivity contribution in [3.05, 3.63) is 36.5 Å². The second kappa shape index (κ2) is 4.67. The summed E-state index contributed by atoms with van der Waals surface area (Å²) in [6.45, 7) is 11.0. The van der Waals surface area contributed by atoms with Gasteiger partial charge in [-0.15, -0.1) is 0 Å². The molecule has 60 valence electrons. The molecular weight excluding hydrogens is 136 g/mol. The summed E-state index contributed by atoms with van der Waals surface area (Å²) in [5.74, 6) is 0.0856. The number of carbonyl (C=O) groups is 1. The van der Waals surface area contributed by atoms with Crippen LogP contribution >= 0.6 is 0 Å². The molecule has 11 heavy (non-hydrogen) atoms. The molecule has 0 aliphatic heterocycles. The fourth-order valence-electron chi connectivity index (χ4n) is 0.563. The average Bonchev–Trinajstić information content (AvgIpc) is 1.98. The van der Waals surface area contributed by atoms with E-state index in [0.29, 0.717) is 12.0 Å². The summed E-state index contributed by atoms with van der Waals surface area (Å²) in [6, 6.07) is 0. The smallest absolute Gasteiger partial charge is 0.162 e.